The van der Waals surface area contributed by atoms with Gasteiger partial charge in [0.2, 0.25) is 5.91 Å². The van der Waals surface area contributed by atoms with Gasteiger partial charge in [0.05, 0.1) is 44.3 Å². The van der Waals surface area contributed by atoms with E-state index >= 15 is 0 Å². The molecule has 0 N–H and O–H groups in total. The van der Waals surface area contributed by atoms with Crippen LogP contribution in [-0.2, 0) is 23.5 Å². The predicted molar refractivity (Wildman–Crippen MR) is 231 cm³/mol. The van der Waals surface area contributed by atoms with Gasteiger partial charge < -0.3 is 13.9 Å². The van der Waals surface area contributed by atoms with Gasteiger partial charge in [0.15, 0.2) is 0 Å². The van der Waals surface area contributed by atoms with Gasteiger partial charge in [-0.1, -0.05) is 72.5 Å². The molecule has 5 rings (SSSR count). The first-order chi connectivity index (χ1) is 28.3. The zero-order chi connectivity index (χ0) is 44.2. The Labute approximate surface area is 361 Å². The van der Waals surface area contributed by atoms with Crippen LogP contribution >= 0.6 is 8.53 Å². The topological polar surface area (TPSA) is 95.3 Å². The van der Waals surface area contributed by atoms with E-state index in [0.717, 1.165) is 30.6 Å². The zero-order valence-corrected chi connectivity index (χ0v) is 39.5. The average molecular weight is 867 g/mol. The van der Waals surface area contributed by atoms with Crippen molar-refractivity contribution in [3.63, 3.8) is 0 Å². The summed E-state index contributed by atoms with van der Waals surface area (Å²) in [6, 6.07) is 1.51. The Morgan fingerprint density at radius 1 is 1.00 bits per heavy atom. The van der Waals surface area contributed by atoms with E-state index in [4.69, 9.17) is 19.1 Å². The highest BCUT2D eigenvalue weighted by atomic mass is 31.2. The Balaban J connectivity index is 1.22. The van der Waals surface area contributed by atoms with Crippen LogP contribution in [0.15, 0.2) is 11.6 Å². The van der Waals surface area contributed by atoms with Crippen molar-refractivity contribution in [1.29, 1.82) is 5.26 Å². The second-order valence-corrected chi connectivity index (χ2v) is 21.9. The number of allylic oxidation sites excluding steroid dienone is 1. The van der Waals surface area contributed by atoms with Crippen LogP contribution in [0.3, 0.4) is 0 Å². The average Bonchev–Trinajstić information content (AvgIpc) is 3.75. The van der Waals surface area contributed by atoms with Crippen LogP contribution in [0.1, 0.15) is 166 Å². The number of rotatable bonds is 19. The summed E-state index contributed by atoms with van der Waals surface area (Å²) in [4.78, 5) is 34.2. The second kappa shape index (κ2) is 20.8. The molecule has 60 heavy (non-hydrogen) atoms. The van der Waals surface area contributed by atoms with Gasteiger partial charge in [0.1, 0.15) is 0 Å². The molecule has 3 saturated carbocycles. The van der Waals surface area contributed by atoms with Crippen LogP contribution in [0, 0.1) is 57.7 Å². The third-order valence-corrected chi connectivity index (χ3v) is 17.9. The number of hydrogen-bond donors (Lipinski definition) is 0. The number of fused-ring (bicyclic) bond motifs is 5. The fourth-order valence-electron chi connectivity index (χ4n) is 12.8. The third-order valence-electron chi connectivity index (χ3n) is 15.7. The number of hydroxylamine groups is 2. The molecular formula is C47H78F3N4O5P. The van der Waals surface area contributed by atoms with E-state index in [1.54, 1.807) is 4.90 Å². The number of carbonyl (C=O) groups is 2. The van der Waals surface area contributed by atoms with Crippen molar-refractivity contribution in [3.8, 4) is 6.07 Å². The zero-order valence-electron chi connectivity index (χ0n) is 38.6. The van der Waals surface area contributed by atoms with Crippen molar-refractivity contribution in [3.05, 3.63) is 11.6 Å². The third kappa shape index (κ3) is 10.9. The van der Waals surface area contributed by atoms with Crippen molar-refractivity contribution in [2.75, 3.05) is 19.8 Å². The summed E-state index contributed by atoms with van der Waals surface area (Å²) in [7, 11) is -1.50. The maximum Gasteiger partial charge on any atom is 0.473 e. The molecule has 13 heteroatoms. The molecule has 342 valence electrons. The van der Waals surface area contributed by atoms with E-state index in [9.17, 15) is 22.8 Å². The van der Waals surface area contributed by atoms with Gasteiger partial charge in [-0.15, -0.1) is 0 Å². The number of halogens is 3. The maximum absolute atomic E-state index is 14.2. The molecule has 1 aliphatic heterocycles. The molecule has 4 fully saturated rings. The molecule has 0 aromatic rings. The Hall–Kier alpha value is -1.77. The fraction of sp³-hybridized carbons (Fsp3) is 0.894. The predicted octanol–water partition coefficient (Wildman–Crippen LogP) is 11.8. The Bertz CT molecular complexity index is 1510. The largest absolute Gasteiger partial charge is 0.473 e. The number of alkyl halides is 3. The normalized spacial score (nSPS) is 32.8. The van der Waals surface area contributed by atoms with Crippen LogP contribution in [0.25, 0.3) is 0 Å². The lowest BCUT2D eigenvalue weighted by atomic mass is 9.47. The van der Waals surface area contributed by atoms with Crippen LogP contribution < -0.4 is 0 Å². The first-order valence-corrected chi connectivity index (χ1v) is 24.7. The lowest BCUT2D eigenvalue weighted by molar-refractivity contribution is -0.243. The molecule has 5 aliphatic rings. The molecule has 5 unspecified atom stereocenters. The van der Waals surface area contributed by atoms with Gasteiger partial charge in [0, 0.05) is 24.7 Å². The lowest BCUT2D eigenvalue weighted by Gasteiger charge is -2.59. The minimum Gasteiger partial charge on any atom is -0.337 e. The summed E-state index contributed by atoms with van der Waals surface area (Å²) in [5.41, 5.74) is 1.42. The smallest absolute Gasteiger partial charge is 0.337 e. The van der Waals surface area contributed by atoms with Crippen molar-refractivity contribution >= 4 is 20.3 Å². The standard InChI is InChI=1S/C47H78F3N4O5P/c1-11-36-29-38(59-60(58-26-13-25-51)54(32(4)5)33(6)7)30-52(36)43(55)22-27-57-53(44(56)47(48,49)50)37-20-23-45(9)35(28-37)16-17-39-41-19-18-40(34(8)15-12-14-31(2)3)46(41,10)24-21-42(39)45/h16,31-34,36-42H,11-15,17-24,26-30H2,1-10H3/t34-,36-,37?,38-,39?,40-,41?,42?,45+,46-,60?/m1/s1. The first-order valence-electron chi connectivity index (χ1n) is 23.5. The highest BCUT2D eigenvalue weighted by Crippen LogP contribution is 2.67. The number of hydrogen-bond acceptors (Lipinski definition) is 7. The van der Waals surface area contributed by atoms with Crippen molar-refractivity contribution < 1.29 is 36.6 Å². The summed E-state index contributed by atoms with van der Waals surface area (Å²) in [6.45, 7) is 22.5. The molecule has 1 heterocycles. The Morgan fingerprint density at radius 2 is 1.72 bits per heavy atom. The number of amides is 2. The second-order valence-electron chi connectivity index (χ2n) is 20.5. The number of likely N-dealkylation sites (tertiary alicyclic amines) is 1. The molecule has 0 aromatic carbocycles. The molecule has 0 bridgehead atoms. The first kappa shape index (κ1) is 49.2. The minimum atomic E-state index is -5.10. The van der Waals surface area contributed by atoms with Crippen LogP contribution in [0.5, 0.6) is 0 Å². The summed E-state index contributed by atoms with van der Waals surface area (Å²) in [5, 5.41) is 9.67. The summed E-state index contributed by atoms with van der Waals surface area (Å²) in [5.74, 6) is 1.73. The van der Waals surface area contributed by atoms with Crippen molar-refractivity contribution in [2.45, 2.75) is 202 Å². The van der Waals surface area contributed by atoms with Gasteiger partial charge in [0.25, 0.3) is 8.53 Å². The van der Waals surface area contributed by atoms with Gasteiger partial charge in [-0.2, -0.15) is 18.4 Å². The van der Waals surface area contributed by atoms with E-state index < -0.39 is 26.7 Å². The SMILES string of the molecule is CC[C@@H]1C[C@@H](OP(OCCC#N)N(C(C)C)C(C)C)CN1C(=O)CCON(C(=O)C(F)(F)F)C1CC[C@@]2(C)C(=CCC3C2CC[C@@]2(C)C3CC[C@@H]2[C@H](C)CCCC(C)C)C1. The molecule has 0 spiro atoms. The highest BCUT2D eigenvalue weighted by Gasteiger charge is 2.60. The van der Waals surface area contributed by atoms with Crippen LogP contribution in [-0.4, -0.2) is 82.7 Å². The van der Waals surface area contributed by atoms with Crippen LogP contribution in [0.4, 0.5) is 13.2 Å². The van der Waals surface area contributed by atoms with Gasteiger partial charge in [-0.25, -0.2) is 9.73 Å². The molecular weight excluding hydrogens is 789 g/mol. The number of nitriles is 1. The molecule has 11 atom stereocenters. The van der Waals surface area contributed by atoms with Gasteiger partial charge in [-0.05, 0) is 138 Å². The Morgan fingerprint density at radius 3 is 2.35 bits per heavy atom. The summed E-state index contributed by atoms with van der Waals surface area (Å²) in [6.07, 6.45) is 9.61. The molecule has 9 nitrogen and oxygen atoms in total. The maximum atomic E-state index is 14.2. The van der Waals surface area contributed by atoms with E-state index in [1.165, 1.54) is 44.1 Å². The fourth-order valence-corrected chi connectivity index (χ4v) is 14.5. The van der Waals surface area contributed by atoms with Gasteiger partial charge >= 0.3 is 12.1 Å². The van der Waals surface area contributed by atoms with Crippen molar-refractivity contribution in [2.24, 2.45) is 46.3 Å². The van der Waals surface area contributed by atoms with Crippen LogP contribution in [0.2, 0.25) is 0 Å². The van der Waals surface area contributed by atoms with E-state index in [0.29, 0.717) is 66.9 Å². The quantitative estimate of drug-likeness (QED) is 0.0552. The van der Waals surface area contributed by atoms with E-state index in [2.05, 4.69) is 79.1 Å². The summed E-state index contributed by atoms with van der Waals surface area (Å²) >= 11 is 0. The summed E-state index contributed by atoms with van der Waals surface area (Å²) < 4.78 is 57.3. The number of nitrogens with zero attached hydrogens (tertiary/aromatic N) is 4. The highest BCUT2D eigenvalue weighted by molar-refractivity contribution is 7.44. The van der Waals surface area contributed by atoms with E-state index in [-0.39, 0.29) is 61.6 Å². The van der Waals surface area contributed by atoms with Crippen molar-refractivity contribution in [1.82, 2.24) is 14.6 Å². The molecule has 0 radical (unpaired) electrons. The molecule has 1 saturated heterocycles. The lowest BCUT2D eigenvalue weighted by Crippen LogP contribution is -2.54. The monoisotopic (exact) mass is 867 g/mol. The molecule has 4 aliphatic carbocycles. The Kier molecular flexibility index (Phi) is 17.1. The van der Waals surface area contributed by atoms with Gasteiger partial charge in [-0.3, -0.25) is 14.4 Å². The van der Waals surface area contributed by atoms with E-state index in [1.807, 2.05) is 6.92 Å². The minimum absolute atomic E-state index is 0.101. The number of carbonyl (C=O) groups excluding carboxylic acids is 2. The molecule has 2 amide bonds. The molecule has 0 aromatic heterocycles.